The van der Waals surface area contributed by atoms with E-state index in [1.165, 1.54) is 30.3 Å². The average molecular weight is 471 g/mol. The molecule has 0 atom stereocenters. The summed E-state index contributed by atoms with van der Waals surface area (Å²) in [5.41, 5.74) is 1.41. The van der Waals surface area contributed by atoms with Crippen LogP contribution in [0.3, 0.4) is 0 Å². The summed E-state index contributed by atoms with van der Waals surface area (Å²) in [5, 5.41) is 2.66. The van der Waals surface area contributed by atoms with Crippen molar-refractivity contribution in [2.75, 3.05) is 22.8 Å². The van der Waals surface area contributed by atoms with Crippen LogP contribution in [0, 0.1) is 12.7 Å². The molecule has 0 saturated heterocycles. The molecule has 0 aliphatic rings. The molecule has 9 heteroatoms. The van der Waals surface area contributed by atoms with E-state index in [2.05, 4.69) is 5.32 Å². The zero-order chi connectivity index (χ0) is 24.0. The molecule has 7 nitrogen and oxygen atoms in total. The molecule has 0 fully saturated rings. The Hall–Kier alpha value is -3.72. The number of esters is 1. The summed E-state index contributed by atoms with van der Waals surface area (Å²) in [6, 6.07) is 17.2. The fourth-order valence-corrected chi connectivity index (χ4v) is 4.50. The van der Waals surface area contributed by atoms with E-state index in [4.69, 9.17) is 4.74 Å². The van der Waals surface area contributed by atoms with Crippen molar-refractivity contribution in [3.05, 3.63) is 89.7 Å². The Bertz CT molecular complexity index is 1250. The van der Waals surface area contributed by atoms with Crippen LogP contribution in [0.1, 0.15) is 22.8 Å². The number of nitrogens with zero attached hydrogens (tertiary/aromatic N) is 1. The van der Waals surface area contributed by atoms with Crippen LogP contribution in [0.2, 0.25) is 0 Å². The molecule has 0 heterocycles. The average Bonchev–Trinajstić information content (AvgIpc) is 2.80. The predicted octanol–water partition coefficient (Wildman–Crippen LogP) is 4.14. The summed E-state index contributed by atoms with van der Waals surface area (Å²) in [6.07, 6.45) is 0. The van der Waals surface area contributed by atoms with Gasteiger partial charge in [0.25, 0.3) is 10.0 Å². The number of nitrogens with one attached hydrogen (secondary N) is 1. The molecule has 0 aliphatic heterocycles. The molecule has 0 spiro atoms. The highest BCUT2D eigenvalue weighted by Gasteiger charge is 2.27. The number of aryl methyl sites for hydroxylation is 1. The van der Waals surface area contributed by atoms with E-state index in [0.29, 0.717) is 11.3 Å². The predicted molar refractivity (Wildman–Crippen MR) is 123 cm³/mol. The van der Waals surface area contributed by atoms with Crippen molar-refractivity contribution >= 4 is 33.3 Å². The number of hydrogen-bond acceptors (Lipinski definition) is 5. The van der Waals surface area contributed by atoms with Gasteiger partial charge in [0.05, 0.1) is 22.8 Å². The summed E-state index contributed by atoms with van der Waals surface area (Å²) in [7, 11) is -4.12. The van der Waals surface area contributed by atoms with E-state index in [1.807, 2.05) is 0 Å². The number of ether oxygens (including phenoxy) is 1. The van der Waals surface area contributed by atoms with Gasteiger partial charge in [-0.1, -0.05) is 24.3 Å². The topological polar surface area (TPSA) is 92.8 Å². The van der Waals surface area contributed by atoms with Gasteiger partial charge in [0.15, 0.2) is 0 Å². The van der Waals surface area contributed by atoms with Gasteiger partial charge in [0.2, 0.25) is 5.91 Å². The molecule has 0 unspecified atom stereocenters. The monoisotopic (exact) mass is 470 g/mol. The van der Waals surface area contributed by atoms with Crippen molar-refractivity contribution in [2.45, 2.75) is 18.7 Å². The van der Waals surface area contributed by atoms with Crippen LogP contribution < -0.4 is 9.62 Å². The second kappa shape index (κ2) is 10.3. The van der Waals surface area contributed by atoms with Gasteiger partial charge in [0, 0.05) is 5.69 Å². The molecule has 0 aromatic heterocycles. The minimum atomic E-state index is -4.12. The number of anilines is 2. The van der Waals surface area contributed by atoms with Gasteiger partial charge in [-0.2, -0.15) is 0 Å². The van der Waals surface area contributed by atoms with Crippen LogP contribution in [0.4, 0.5) is 15.8 Å². The third-order valence-electron chi connectivity index (χ3n) is 4.76. The zero-order valence-corrected chi connectivity index (χ0v) is 18.9. The second-order valence-electron chi connectivity index (χ2n) is 7.10. The fraction of sp³-hybridized carbons (Fsp3) is 0.167. The van der Waals surface area contributed by atoms with Gasteiger partial charge in [0.1, 0.15) is 12.4 Å². The number of hydrogen-bond donors (Lipinski definition) is 1. The molecular formula is C24H23FN2O5S. The van der Waals surface area contributed by atoms with Crippen molar-refractivity contribution in [3.63, 3.8) is 0 Å². The highest BCUT2D eigenvalue weighted by molar-refractivity contribution is 7.92. The smallest absolute Gasteiger partial charge is 0.338 e. The Morgan fingerprint density at radius 1 is 1.00 bits per heavy atom. The highest BCUT2D eigenvalue weighted by Crippen LogP contribution is 2.24. The van der Waals surface area contributed by atoms with Gasteiger partial charge < -0.3 is 10.1 Å². The molecular weight excluding hydrogens is 447 g/mol. The number of carbonyl (C=O) groups is 2. The number of sulfonamides is 1. The summed E-state index contributed by atoms with van der Waals surface area (Å²) in [5.74, 6) is -1.71. The van der Waals surface area contributed by atoms with Gasteiger partial charge >= 0.3 is 5.97 Å². The molecule has 0 radical (unpaired) electrons. The zero-order valence-electron chi connectivity index (χ0n) is 18.1. The first-order chi connectivity index (χ1) is 15.7. The van der Waals surface area contributed by atoms with E-state index < -0.39 is 34.3 Å². The van der Waals surface area contributed by atoms with Crippen molar-refractivity contribution in [2.24, 2.45) is 0 Å². The van der Waals surface area contributed by atoms with Crippen molar-refractivity contribution in [3.8, 4) is 0 Å². The minimum absolute atomic E-state index is 0.0115. The van der Waals surface area contributed by atoms with Crippen LogP contribution in [-0.4, -0.2) is 33.4 Å². The van der Waals surface area contributed by atoms with E-state index in [-0.39, 0.29) is 22.8 Å². The van der Waals surface area contributed by atoms with E-state index >= 15 is 0 Å². The number of amides is 1. The lowest BCUT2D eigenvalue weighted by atomic mass is 10.1. The lowest BCUT2D eigenvalue weighted by molar-refractivity contribution is -0.114. The van der Waals surface area contributed by atoms with Gasteiger partial charge in [-0.3, -0.25) is 9.10 Å². The summed E-state index contributed by atoms with van der Waals surface area (Å²) >= 11 is 0. The summed E-state index contributed by atoms with van der Waals surface area (Å²) < 4.78 is 45.9. The van der Waals surface area contributed by atoms with E-state index in [9.17, 15) is 22.4 Å². The quantitative estimate of drug-likeness (QED) is 0.500. The summed E-state index contributed by atoms with van der Waals surface area (Å²) in [6.45, 7) is 3.07. The van der Waals surface area contributed by atoms with Crippen LogP contribution >= 0.6 is 0 Å². The van der Waals surface area contributed by atoms with Crippen LogP contribution in [0.25, 0.3) is 0 Å². The maximum absolute atomic E-state index is 13.4. The van der Waals surface area contributed by atoms with Crippen LogP contribution in [0.5, 0.6) is 0 Å². The van der Waals surface area contributed by atoms with Crippen LogP contribution in [0.15, 0.2) is 77.7 Å². The largest absolute Gasteiger partial charge is 0.462 e. The molecule has 3 rings (SSSR count). The first-order valence-corrected chi connectivity index (χ1v) is 11.6. The molecule has 0 bridgehead atoms. The number of halogens is 1. The number of rotatable bonds is 8. The van der Waals surface area contributed by atoms with E-state index in [0.717, 1.165) is 16.4 Å². The van der Waals surface area contributed by atoms with Crippen LogP contribution in [-0.2, 0) is 19.6 Å². The highest BCUT2D eigenvalue weighted by atomic mass is 32.2. The first-order valence-electron chi connectivity index (χ1n) is 10.1. The molecule has 0 aliphatic carbocycles. The van der Waals surface area contributed by atoms with Gasteiger partial charge in [-0.25, -0.2) is 17.6 Å². The Morgan fingerprint density at radius 2 is 1.67 bits per heavy atom. The van der Waals surface area contributed by atoms with Crippen molar-refractivity contribution < 1.29 is 27.1 Å². The van der Waals surface area contributed by atoms with Gasteiger partial charge in [-0.05, 0) is 67.9 Å². The minimum Gasteiger partial charge on any atom is -0.462 e. The Morgan fingerprint density at radius 3 is 2.30 bits per heavy atom. The maximum Gasteiger partial charge on any atom is 0.338 e. The standard InChI is InChI=1S/C24H23FN2O5S/c1-3-32-24(29)18-10-9-17(2)22(15-18)26-23(28)16-27(20-13-11-19(25)12-14-20)33(30,31)21-7-5-4-6-8-21/h4-15H,3,16H2,1-2H3,(H,26,28). The molecule has 1 amide bonds. The lowest BCUT2D eigenvalue weighted by Gasteiger charge is -2.24. The van der Waals surface area contributed by atoms with Crippen molar-refractivity contribution in [1.29, 1.82) is 0 Å². The molecule has 0 saturated carbocycles. The fourth-order valence-electron chi connectivity index (χ4n) is 3.06. The summed E-state index contributed by atoms with van der Waals surface area (Å²) in [4.78, 5) is 24.9. The van der Waals surface area contributed by atoms with Crippen molar-refractivity contribution in [1.82, 2.24) is 0 Å². The lowest BCUT2D eigenvalue weighted by Crippen LogP contribution is -2.38. The first kappa shape index (κ1) is 23.9. The molecule has 33 heavy (non-hydrogen) atoms. The van der Waals surface area contributed by atoms with E-state index in [1.54, 1.807) is 44.2 Å². The third kappa shape index (κ3) is 5.75. The Balaban J connectivity index is 1.91. The molecule has 3 aromatic carbocycles. The van der Waals surface area contributed by atoms with Gasteiger partial charge in [-0.15, -0.1) is 0 Å². The maximum atomic E-state index is 13.4. The normalized spacial score (nSPS) is 11.0. The molecule has 1 N–H and O–H groups in total. The third-order valence-corrected chi connectivity index (χ3v) is 6.54. The Kier molecular flexibility index (Phi) is 7.44. The number of benzene rings is 3. The number of carbonyl (C=O) groups excluding carboxylic acids is 2. The second-order valence-corrected chi connectivity index (χ2v) is 8.96. The molecule has 172 valence electrons. The molecule has 3 aromatic rings. The Labute approximate surface area is 191 Å². The SMILES string of the molecule is CCOC(=O)c1ccc(C)c(NC(=O)CN(c2ccc(F)cc2)S(=O)(=O)c2ccccc2)c1.